The third-order valence-electron chi connectivity index (χ3n) is 5.55. The Kier molecular flexibility index (Phi) is 6.26. The van der Waals surface area contributed by atoms with E-state index in [1.807, 2.05) is 31.1 Å². The maximum atomic E-state index is 14.4. The number of benzene rings is 1. The molecule has 2 N–H and O–H groups in total. The molecule has 1 fully saturated rings. The first-order valence-corrected chi connectivity index (χ1v) is 12.0. The van der Waals surface area contributed by atoms with Crippen LogP contribution in [0.4, 0.5) is 10.1 Å². The number of hydrogen-bond acceptors (Lipinski definition) is 4. The number of nitrogens with one attached hydrogen (secondary N) is 2. The van der Waals surface area contributed by atoms with Crippen LogP contribution in [0.3, 0.4) is 0 Å². The maximum Gasteiger partial charge on any atom is 0.147 e. The molecule has 1 atom stereocenters. The SMILES string of the molecule is C=C1C(C)=C(Nc2ccc(I)cc2F)C(CNS(=C)(=O)C2(CC=O)CC2)=CN1C. The van der Waals surface area contributed by atoms with Gasteiger partial charge >= 0.3 is 0 Å². The summed E-state index contributed by atoms with van der Waals surface area (Å²) in [4.78, 5) is 12.9. The van der Waals surface area contributed by atoms with Crippen LogP contribution in [0, 0.1) is 9.39 Å². The molecule has 0 saturated heterocycles. The zero-order chi connectivity index (χ0) is 21.4. The smallest absolute Gasteiger partial charge is 0.147 e. The Labute approximate surface area is 185 Å². The van der Waals surface area contributed by atoms with Crippen molar-refractivity contribution in [3.05, 3.63) is 62.9 Å². The normalized spacial score (nSPS) is 20.2. The predicted octanol–water partition coefficient (Wildman–Crippen LogP) is 3.80. The van der Waals surface area contributed by atoms with Gasteiger partial charge in [0, 0.05) is 56.5 Å². The van der Waals surface area contributed by atoms with Crippen molar-refractivity contribution in [1.82, 2.24) is 9.62 Å². The largest absolute Gasteiger partial charge is 0.353 e. The fraction of sp³-hybridized carbons (Fsp3) is 0.333. The van der Waals surface area contributed by atoms with Crippen molar-refractivity contribution in [1.29, 1.82) is 0 Å². The fourth-order valence-corrected chi connectivity index (χ4v) is 5.61. The summed E-state index contributed by atoms with van der Waals surface area (Å²) in [6.45, 7) is 6.26. The Hall–Kier alpha value is -1.65. The summed E-state index contributed by atoms with van der Waals surface area (Å²) in [5, 5.41) is 3.18. The third kappa shape index (κ3) is 4.44. The summed E-state index contributed by atoms with van der Waals surface area (Å²) in [5.41, 5.74) is 3.55. The van der Waals surface area contributed by atoms with Gasteiger partial charge in [-0.2, -0.15) is 0 Å². The van der Waals surface area contributed by atoms with Gasteiger partial charge in [0.2, 0.25) is 0 Å². The molecule has 1 aromatic carbocycles. The molecule has 2 aliphatic rings. The second-order valence-electron chi connectivity index (χ2n) is 7.51. The number of anilines is 1. The van der Waals surface area contributed by atoms with Gasteiger partial charge in [0.25, 0.3) is 0 Å². The van der Waals surface area contributed by atoms with Crippen molar-refractivity contribution in [2.45, 2.75) is 30.9 Å². The standard InChI is InChI=1S/C21H25FIN3O2S/c1-14-15(2)26(3)13-16(12-24-29(4,28)21(7-8-21)9-10-27)20(14)25-19-6-5-17(23)11-18(19)22/h5-6,10-11,13,25H,2,4,7-9,12H2,1,3H3,(H,24,28). The van der Waals surface area contributed by atoms with E-state index in [4.69, 9.17) is 0 Å². The molecule has 29 heavy (non-hydrogen) atoms. The number of nitrogens with zero attached hydrogens (tertiary/aromatic N) is 1. The van der Waals surface area contributed by atoms with Gasteiger partial charge in [0.15, 0.2) is 0 Å². The van der Waals surface area contributed by atoms with Gasteiger partial charge in [-0.05, 0) is 72.0 Å². The molecule has 1 aliphatic heterocycles. The molecule has 0 amide bonds. The number of carbonyl (C=O) groups excluding carboxylic acids is 1. The predicted molar refractivity (Wildman–Crippen MR) is 126 cm³/mol. The van der Waals surface area contributed by atoms with E-state index < -0.39 is 14.5 Å². The topological polar surface area (TPSA) is 61.4 Å². The molecule has 0 bridgehead atoms. The van der Waals surface area contributed by atoms with E-state index in [0.29, 0.717) is 5.69 Å². The van der Waals surface area contributed by atoms with Crippen LogP contribution >= 0.6 is 22.6 Å². The summed E-state index contributed by atoms with van der Waals surface area (Å²) in [5.74, 6) is 3.55. The molecule has 5 nitrogen and oxygen atoms in total. The number of carbonyl (C=O) groups is 1. The van der Waals surface area contributed by atoms with Gasteiger partial charge in [-0.25, -0.2) is 9.11 Å². The first kappa shape index (κ1) is 22.0. The summed E-state index contributed by atoms with van der Waals surface area (Å²) < 4.78 is 30.9. The highest BCUT2D eigenvalue weighted by molar-refractivity contribution is 14.1. The van der Waals surface area contributed by atoms with Crippen molar-refractivity contribution in [2.24, 2.45) is 0 Å². The average molecular weight is 529 g/mol. The van der Waals surface area contributed by atoms with Gasteiger partial charge < -0.3 is 15.0 Å². The number of rotatable bonds is 8. The molecule has 1 aromatic rings. The first-order chi connectivity index (χ1) is 13.6. The minimum Gasteiger partial charge on any atom is -0.353 e. The van der Waals surface area contributed by atoms with Crippen LogP contribution < -0.4 is 10.0 Å². The Morgan fingerprint density at radius 1 is 1.41 bits per heavy atom. The lowest BCUT2D eigenvalue weighted by Gasteiger charge is -2.30. The van der Waals surface area contributed by atoms with Gasteiger partial charge in [-0.15, -0.1) is 0 Å². The number of halogens is 2. The number of likely N-dealkylation sites (N-methyl/N-ethyl adjacent to an activating group) is 1. The molecule has 1 heterocycles. The zero-order valence-corrected chi connectivity index (χ0v) is 19.5. The Morgan fingerprint density at radius 2 is 2.10 bits per heavy atom. The highest BCUT2D eigenvalue weighted by Gasteiger charge is 2.49. The van der Waals surface area contributed by atoms with Crippen LogP contribution in [0.5, 0.6) is 0 Å². The monoisotopic (exact) mass is 529 g/mol. The van der Waals surface area contributed by atoms with E-state index in [2.05, 4.69) is 45.1 Å². The van der Waals surface area contributed by atoms with E-state index in [1.165, 1.54) is 6.07 Å². The minimum atomic E-state index is -2.66. The molecule has 8 heteroatoms. The van der Waals surface area contributed by atoms with Crippen LogP contribution in [-0.2, 0) is 14.5 Å². The number of hydrogen-bond donors (Lipinski definition) is 2. The summed E-state index contributed by atoms with van der Waals surface area (Å²) in [6, 6.07) is 4.98. The van der Waals surface area contributed by atoms with Gasteiger partial charge in [-0.3, -0.25) is 4.21 Å². The van der Waals surface area contributed by atoms with Crippen molar-refractivity contribution >= 4 is 50.1 Å². The van der Waals surface area contributed by atoms with Crippen LogP contribution in [0.1, 0.15) is 26.2 Å². The van der Waals surface area contributed by atoms with Gasteiger partial charge in [0.1, 0.15) is 12.1 Å². The molecule has 1 aliphatic carbocycles. The van der Waals surface area contributed by atoms with E-state index in [1.54, 1.807) is 6.07 Å². The summed E-state index contributed by atoms with van der Waals surface area (Å²) >= 11 is 2.06. The van der Waals surface area contributed by atoms with E-state index in [0.717, 1.165) is 45.2 Å². The van der Waals surface area contributed by atoms with E-state index >= 15 is 0 Å². The quantitative estimate of drug-likeness (QED) is 0.306. The van der Waals surface area contributed by atoms with Gasteiger partial charge in [-0.1, -0.05) is 6.58 Å². The number of aldehydes is 1. The molecule has 1 saturated carbocycles. The maximum absolute atomic E-state index is 14.4. The second-order valence-corrected chi connectivity index (χ2v) is 11.3. The van der Waals surface area contributed by atoms with Crippen molar-refractivity contribution in [2.75, 3.05) is 18.9 Å². The van der Waals surface area contributed by atoms with Crippen LogP contribution in [0.25, 0.3) is 0 Å². The van der Waals surface area contributed by atoms with Crippen molar-refractivity contribution in [3.63, 3.8) is 0 Å². The third-order valence-corrected chi connectivity index (χ3v) is 8.81. The second kappa shape index (κ2) is 8.23. The highest BCUT2D eigenvalue weighted by Crippen LogP contribution is 2.45. The Morgan fingerprint density at radius 3 is 2.69 bits per heavy atom. The lowest BCUT2D eigenvalue weighted by atomic mass is 10.0. The lowest BCUT2D eigenvalue weighted by Crippen LogP contribution is -2.38. The van der Waals surface area contributed by atoms with E-state index in [9.17, 15) is 13.4 Å². The molecule has 0 spiro atoms. The molecule has 3 rings (SSSR count). The summed E-state index contributed by atoms with van der Waals surface area (Å²) in [6.07, 6.45) is 4.39. The van der Waals surface area contributed by atoms with Crippen molar-refractivity contribution < 1.29 is 13.4 Å². The summed E-state index contributed by atoms with van der Waals surface area (Å²) in [7, 11) is -0.778. The molecular weight excluding hydrogens is 504 g/mol. The lowest BCUT2D eigenvalue weighted by molar-refractivity contribution is -0.107. The fourth-order valence-electron chi connectivity index (χ4n) is 3.37. The molecule has 0 radical (unpaired) electrons. The van der Waals surface area contributed by atoms with Crippen LogP contribution in [0.15, 0.2) is 53.5 Å². The minimum absolute atomic E-state index is 0.242. The van der Waals surface area contributed by atoms with Crippen molar-refractivity contribution in [3.8, 4) is 0 Å². The van der Waals surface area contributed by atoms with Crippen LogP contribution in [0.2, 0.25) is 0 Å². The Balaban J connectivity index is 1.86. The molecular formula is C21H25FIN3O2S. The van der Waals surface area contributed by atoms with Crippen LogP contribution in [-0.4, -0.2) is 39.6 Å². The Bertz CT molecular complexity index is 1030. The highest BCUT2D eigenvalue weighted by atomic mass is 127. The average Bonchev–Trinajstić information content (AvgIpc) is 3.44. The van der Waals surface area contributed by atoms with Gasteiger partial charge in [0.05, 0.1) is 10.4 Å². The first-order valence-electron chi connectivity index (χ1n) is 9.21. The van der Waals surface area contributed by atoms with E-state index in [-0.39, 0.29) is 18.8 Å². The molecule has 0 aromatic heterocycles. The number of allylic oxidation sites excluding steroid dienone is 1. The molecule has 1 unspecified atom stereocenters. The molecule has 156 valence electrons. The zero-order valence-electron chi connectivity index (χ0n) is 16.6.